The van der Waals surface area contributed by atoms with Gasteiger partial charge in [-0.3, -0.25) is 9.79 Å². The van der Waals surface area contributed by atoms with Crippen LogP contribution in [0.15, 0.2) is 56.5 Å². The smallest absolute Gasteiger partial charge is 0.257 e. The molecule has 0 saturated heterocycles. The summed E-state index contributed by atoms with van der Waals surface area (Å²) in [5.74, 6) is 1.05. The Kier molecular flexibility index (Phi) is 5.12. The molecule has 4 aromatic rings. The minimum absolute atomic E-state index is 0.0131. The van der Waals surface area contributed by atoms with E-state index in [4.69, 9.17) is 19.8 Å². The van der Waals surface area contributed by atoms with Gasteiger partial charge in [0.1, 0.15) is 6.04 Å². The molecule has 1 amide bonds. The molecule has 160 valence electrons. The van der Waals surface area contributed by atoms with E-state index in [0.717, 1.165) is 42.8 Å². The average molecular weight is 539 g/mol. The van der Waals surface area contributed by atoms with Gasteiger partial charge in [-0.05, 0) is 66.3 Å². The van der Waals surface area contributed by atoms with Crippen LogP contribution in [0.25, 0.3) is 22.6 Å². The van der Waals surface area contributed by atoms with Crippen molar-refractivity contribution in [1.82, 2.24) is 15.3 Å². The molecule has 1 aliphatic heterocycles. The zero-order chi connectivity index (χ0) is 22.4. The lowest BCUT2D eigenvalue weighted by Crippen LogP contribution is -2.15. The van der Waals surface area contributed by atoms with E-state index in [9.17, 15) is 4.79 Å². The largest absolute Gasteiger partial charge is 0.370 e. The van der Waals surface area contributed by atoms with Gasteiger partial charge in [0.25, 0.3) is 5.89 Å². The molecule has 0 radical (unpaired) electrons. The molecule has 5 rings (SSSR count). The maximum absolute atomic E-state index is 11.9. The third-order valence-electron chi connectivity index (χ3n) is 5.31. The lowest BCUT2D eigenvalue weighted by atomic mass is 9.91. The van der Waals surface area contributed by atoms with Gasteiger partial charge in [0.15, 0.2) is 11.6 Å². The minimum atomic E-state index is -0.584. The first-order chi connectivity index (χ1) is 15.4. The molecule has 32 heavy (non-hydrogen) atoms. The number of hydrogen-bond acceptors (Lipinski definition) is 7. The van der Waals surface area contributed by atoms with Gasteiger partial charge < -0.3 is 14.8 Å². The Balaban J connectivity index is 1.79. The van der Waals surface area contributed by atoms with Crippen LogP contribution in [-0.4, -0.2) is 26.9 Å². The fourth-order valence-corrected chi connectivity index (χ4v) is 4.26. The molecule has 3 heterocycles. The van der Waals surface area contributed by atoms with Gasteiger partial charge in [0.2, 0.25) is 5.91 Å². The summed E-state index contributed by atoms with van der Waals surface area (Å²) in [6.45, 7) is 3.65. The van der Waals surface area contributed by atoms with Crippen LogP contribution in [0.5, 0.6) is 0 Å². The summed E-state index contributed by atoms with van der Waals surface area (Å²) in [6.07, 6.45) is 0.0131. The fourth-order valence-electron chi connectivity index (χ4n) is 3.90. The van der Waals surface area contributed by atoms with Crippen molar-refractivity contribution in [3.63, 3.8) is 0 Å². The topological polar surface area (TPSA) is 120 Å². The zero-order valence-electron chi connectivity index (χ0n) is 17.3. The number of fused-ring (bicyclic) bond motifs is 3. The van der Waals surface area contributed by atoms with Crippen LogP contribution in [0.1, 0.15) is 40.9 Å². The van der Waals surface area contributed by atoms with Crippen LogP contribution in [0.2, 0.25) is 0 Å². The highest BCUT2D eigenvalue weighted by molar-refractivity contribution is 14.1. The molecule has 1 atom stereocenters. The van der Waals surface area contributed by atoms with E-state index in [1.165, 1.54) is 0 Å². The van der Waals surface area contributed by atoms with Crippen LogP contribution in [-0.2, 0) is 4.79 Å². The number of hydrogen-bond donors (Lipinski definition) is 1. The molecule has 9 heteroatoms. The second-order valence-corrected chi connectivity index (χ2v) is 8.83. The Bertz CT molecular complexity index is 1370. The van der Waals surface area contributed by atoms with Crippen molar-refractivity contribution in [2.45, 2.75) is 26.3 Å². The number of nitrogens with two attached hydrogens (primary N) is 1. The van der Waals surface area contributed by atoms with Gasteiger partial charge in [0, 0.05) is 20.3 Å². The molecule has 2 aromatic carbocycles. The number of aliphatic imine (C=N–C) groups is 1. The van der Waals surface area contributed by atoms with E-state index < -0.39 is 11.9 Å². The number of amides is 1. The SMILES string of the molecule is Cc1noc(-c2ccc3c(c2)C(c2ccc(I)cc2)=NC(CC(N)=O)c2onc(C)c2-3)n1. The Morgan fingerprint density at radius 1 is 1.03 bits per heavy atom. The number of nitrogens with zero attached hydrogens (tertiary/aromatic N) is 4. The predicted octanol–water partition coefficient (Wildman–Crippen LogP) is 4.38. The van der Waals surface area contributed by atoms with E-state index in [-0.39, 0.29) is 6.42 Å². The molecule has 0 spiro atoms. The molecule has 1 unspecified atom stereocenters. The van der Waals surface area contributed by atoms with Crippen molar-refractivity contribution < 1.29 is 13.8 Å². The molecular weight excluding hydrogens is 521 g/mol. The van der Waals surface area contributed by atoms with Crippen molar-refractivity contribution >= 4 is 34.2 Å². The highest BCUT2D eigenvalue weighted by atomic mass is 127. The molecule has 1 aliphatic rings. The highest BCUT2D eigenvalue weighted by Gasteiger charge is 2.31. The number of primary amides is 1. The molecular formula is C23H18IN5O3. The monoisotopic (exact) mass is 539 g/mol. The van der Waals surface area contributed by atoms with E-state index in [1.807, 2.05) is 49.4 Å². The summed E-state index contributed by atoms with van der Waals surface area (Å²) in [6, 6.07) is 13.3. The van der Waals surface area contributed by atoms with Gasteiger partial charge in [-0.15, -0.1) is 0 Å². The normalized spacial score (nSPS) is 15.0. The molecule has 8 nitrogen and oxygen atoms in total. The van der Waals surface area contributed by atoms with Crippen molar-refractivity contribution in [3.8, 4) is 22.6 Å². The number of aromatic nitrogens is 3. The molecule has 0 bridgehead atoms. The molecule has 0 fully saturated rings. The number of carbonyl (C=O) groups excluding carboxylic acids is 1. The van der Waals surface area contributed by atoms with Gasteiger partial charge in [-0.1, -0.05) is 28.5 Å². The zero-order valence-corrected chi connectivity index (χ0v) is 19.5. The summed E-state index contributed by atoms with van der Waals surface area (Å²) in [5, 5.41) is 8.05. The summed E-state index contributed by atoms with van der Waals surface area (Å²) < 4.78 is 12.1. The Morgan fingerprint density at radius 3 is 2.47 bits per heavy atom. The van der Waals surface area contributed by atoms with E-state index >= 15 is 0 Å². The van der Waals surface area contributed by atoms with Crippen molar-refractivity contribution in [2.75, 3.05) is 0 Å². The molecule has 0 saturated carbocycles. The lowest BCUT2D eigenvalue weighted by Gasteiger charge is -2.12. The first kappa shape index (κ1) is 20.6. The number of benzene rings is 2. The maximum Gasteiger partial charge on any atom is 0.257 e. The standard InChI is InChI=1S/C23H18IN5O3/c1-11-20-16-8-5-14(23-26-12(2)29-32-23)9-17(16)21(13-3-6-15(24)7-4-13)27-18(10-19(25)30)22(20)31-28-11/h3-9,18H,10H2,1-2H3,(H2,25,30). The summed E-state index contributed by atoms with van der Waals surface area (Å²) >= 11 is 2.26. The van der Waals surface area contributed by atoms with Crippen molar-refractivity contribution in [2.24, 2.45) is 10.7 Å². The van der Waals surface area contributed by atoms with Gasteiger partial charge in [-0.25, -0.2) is 0 Å². The predicted molar refractivity (Wildman–Crippen MR) is 126 cm³/mol. The fraction of sp³-hybridized carbons (Fsp3) is 0.174. The molecule has 0 aliphatic carbocycles. The van der Waals surface area contributed by atoms with Crippen LogP contribution in [0.3, 0.4) is 0 Å². The Morgan fingerprint density at radius 2 is 1.78 bits per heavy atom. The van der Waals surface area contributed by atoms with E-state index in [2.05, 4.69) is 37.9 Å². The number of aryl methyl sites for hydroxylation is 2. The van der Waals surface area contributed by atoms with Crippen LogP contribution in [0.4, 0.5) is 0 Å². The van der Waals surface area contributed by atoms with Gasteiger partial charge in [-0.2, -0.15) is 4.98 Å². The summed E-state index contributed by atoms with van der Waals surface area (Å²) in [5.41, 5.74) is 11.3. The minimum Gasteiger partial charge on any atom is -0.370 e. The maximum atomic E-state index is 11.9. The quantitative estimate of drug-likeness (QED) is 0.385. The Hall–Kier alpha value is -3.34. The van der Waals surface area contributed by atoms with Crippen LogP contribution in [0, 0.1) is 17.4 Å². The lowest BCUT2D eigenvalue weighted by molar-refractivity contribution is -0.118. The second-order valence-electron chi connectivity index (χ2n) is 7.59. The first-order valence-electron chi connectivity index (χ1n) is 9.94. The first-order valence-corrected chi connectivity index (χ1v) is 11.0. The number of carbonyl (C=O) groups is 1. The van der Waals surface area contributed by atoms with Gasteiger partial charge in [0.05, 0.1) is 23.4 Å². The van der Waals surface area contributed by atoms with Crippen LogP contribution < -0.4 is 5.73 Å². The summed E-state index contributed by atoms with van der Waals surface area (Å²) in [7, 11) is 0. The number of rotatable bonds is 4. The second kappa shape index (κ2) is 7.97. The van der Waals surface area contributed by atoms with Crippen LogP contribution >= 0.6 is 22.6 Å². The van der Waals surface area contributed by atoms with Crippen molar-refractivity contribution in [1.29, 1.82) is 0 Å². The number of halogens is 1. The third-order valence-corrected chi connectivity index (χ3v) is 6.03. The highest BCUT2D eigenvalue weighted by Crippen LogP contribution is 2.41. The molecule has 2 aromatic heterocycles. The van der Waals surface area contributed by atoms with E-state index in [0.29, 0.717) is 17.5 Å². The summed E-state index contributed by atoms with van der Waals surface area (Å²) in [4.78, 5) is 21.2. The third kappa shape index (κ3) is 3.62. The average Bonchev–Trinajstić information content (AvgIpc) is 3.33. The van der Waals surface area contributed by atoms with E-state index in [1.54, 1.807) is 6.92 Å². The van der Waals surface area contributed by atoms with Crippen molar-refractivity contribution in [3.05, 3.63) is 74.4 Å². The Labute approximate surface area is 197 Å². The molecule has 2 N–H and O–H groups in total. The van der Waals surface area contributed by atoms with Gasteiger partial charge >= 0.3 is 0 Å².